The molecule has 0 heterocycles. The number of carbonyl (C=O) groups excluding carboxylic acids is 3. The third-order valence-corrected chi connectivity index (χ3v) is 3.45. The van der Waals surface area contributed by atoms with Crippen LogP contribution in [0.2, 0.25) is 0 Å². The number of hydrogen-bond donors (Lipinski definition) is 3. The van der Waals surface area contributed by atoms with Crippen molar-refractivity contribution in [2.75, 3.05) is 13.1 Å². The summed E-state index contributed by atoms with van der Waals surface area (Å²) in [5.74, 6) is -2.23. The van der Waals surface area contributed by atoms with Crippen LogP contribution in [0, 0.1) is 0 Å². The van der Waals surface area contributed by atoms with Crippen molar-refractivity contribution in [3.05, 3.63) is 0 Å². The highest BCUT2D eigenvalue weighted by Crippen LogP contribution is 2.15. The minimum Gasteiger partial charge on any atom is -0.444 e. The number of hydrogen-bond acceptors (Lipinski definition) is 7. The number of ether oxygens (including phenoxy) is 2. The number of halogens is 3. The van der Waals surface area contributed by atoms with Gasteiger partial charge in [0.1, 0.15) is 11.2 Å². The standard InChI is InChI=1S/C18H34F3N5O5/c1-11(22)25(14(28)30-16(3,4)5)9-10-26(15(29)31-17(6,7)8)12(2)23-24-13(27)18(19,20)21/h11-12,23H,9-10,22H2,1-8H3,(H,24,27). The van der Waals surface area contributed by atoms with Gasteiger partial charge in [-0.3, -0.25) is 20.0 Å². The van der Waals surface area contributed by atoms with Crippen LogP contribution in [0.15, 0.2) is 0 Å². The summed E-state index contributed by atoms with van der Waals surface area (Å²) in [6, 6.07) is 0. The van der Waals surface area contributed by atoms with Gasteiger partial charge in [0.05, 0.1) is 12.3 Å². The average Bonchev–Trinajstić information content (AvgIpc) is 2.51. The molecule has 0 aliphatic heterocycles. The highest BCUT2D eigenvalue weighted by atomic mass is 19.4. The average molecular weight is 457 g/mol. The molecule has 0 rings (SSSR count). The van der Waals surface area contributed by atoms with Crippen molar-refractivity contribution in [3.63, 3.8) is 0 Å². The molecular weight excluding hydrogens is 423 g/mol. The van der Waals surface area contributed by atoms with Gasteiger partial charge < -0.3 is 15.2 Å². The second-order valence-corrected chi connectivity index (χ2v) is 8.86. The first kappa shape index (κ1) is 28.7. The number of nitrogens with zero attached hydrogens (tertiary/aromatic N) is 2. The number of carbonyl (C=O) groups is 3. The summed E-state index contributed by atoms with van der Waals surface area (Å²) in [5, 5.41) is 0. The maximum absolute atomic E-state index is 12.6. The Bertz CT molecular complexity index is 630. The Balaban J connectivity index is 5.42. The van der Waals surface area contributed by atoms with Crippen molar-refractivity contribution >= 4 is 18.1 Å². The van der Waals surface area contributed by atoms with E-state index < -0.39 is 47.8 Å². The molecular formula is C18H34F3N5O5. The molecule has 0 aromatic carbocycles. The van der Waals surface area contributed by atoms with Crippen LogP contribution in [0.25, 0.3) is 0 Å². The molecule has 2 atom stereocenters. The zero-order valence-corrected chi connectivity index (χ0v) is 19.2. The van der Waals surface area contributed by atoms with Crippen molar-refractivity contribution in [3.8, 4) is 0 Å². The second-order valence-electron chi connectivity index (χ2n) is 8.86. The van der Waals surface area contributed by atoms with Crippen LogP contribution in [-0.2, 0) is 14.3 Å². The van der Waals surface area contributed by atoms with Crippen LogP contribution >= 0.6 is 0 Å². The third-order valence-electron chi connectivity index (χ3n) is 3.45. The number of hydrazine groups is 1. The first-order chi connectivity index (χ1) is 13.7. The van der Waals surface area contributed by atoms with E-state index in [1.807, 2.05) is 0 Å². The molecule has 0 bridgehead atoms. The monoisotopic (exact) mass is 457 g/mol. The lowest BCUT2D eigenvalue weighted by Gasteiger charge is -2.35. The topological polar surface area (TPSA) is 126 Å². The summed E-state index contributed by atoms with van der Waals surface area (Å²) in [6.07, 6.45) is -8.59. The summed E-state index contributed by atoms with van der Waals surface area (Å²) in [4.78, 5) is 38.2. The second kappa shape index (κ2) is 10.8. The van der Waals surface area contributed by atoms with Gasteiger partial charge in [-0.1, -0.05) is 0 Å². The van der Waals surface area contributed by atoms with E-state index in [9.17, 15) is 27.6 Å². The van der Waals surface area contributed by atoms with Crippen LogP contribution in [0.1, 0.15) is 55.4 Å². The van der Waals surface area contributed by atoms with E-state index in [4.69, 9.17) is 15.2 Å². The SMILES string of the molecule is CC(N)N(CCN(C(=O)OC(C)(C)C)C(C)NNC(=O)C(F)(F)F)C(=O)OC(C)(C)C. The van der Waals surface area contributed by atoms with E-state index in [-0.39, 0.29) is 13.1 Å². The lowest BCUT2D eigenvalue weighted by atomic mass is 10.2. The molecule has 182 valence electrons. The quantitative estimate of drug-likeness (QED) is 0.396. The lowest BCUT2D eigenvalue weighted by Crippen LogP contribution is -2.58. The first-order valence-electron chi connectivity index (χ1n) is 9.62. The highest BCUT2D eigenvalue weighted by molar-refractivity contribution is 5.81. The van der Waals surface area contributed by atoms with Crippen LogP contribution in [0.3, 0.4) is 0 Å². The van der Waals surface area contributed by atoms with Crippen LogP contribution in [0.4, 0.5) is 22.8 Å². The summed E-state index contributed by atoms with van der Waals surface area (Å²) in [6.45, 7) is 12.4. The van der Waals surface area contributed by atoms with Gasteiger partial charge in [-0.05, 0) is 55.4 Å². The molecule has 31 heavy (non-hydrogen) atoms. The number of nitrogens with one attached hydrogen (secondary N) is 2. The Labute approximate surface area is 180 Å². The minimum atomic E-state index is -5.11. The third kappa shape index (κ3) is 11.6. The van der Waals surface area contributed by atoms with Crippen LogP contribution in [-0.4, -0.2) is 70.7 Å². The predicted octanol–water partition coefficient (Wildman–Crippen LogP) is 2.29. The Morgan fingerprint density at radius 3 is 1.61 bits per heavy atom. The number of rotatable bonds is 7. The maximum Gasteiger partial charge on any atom is 0.472 e. The van der Waals surface area contributed by atoms with E-state index in [2.05, 4.69) is 5.43 Å². The van der Waals surface area contributed by atoms with Gasteiger partial charge in [-0.2, -0.15) is 13.2 Å². The fourth-order valence-corrected chi connectivity index (χ4v) is 2.08. The zero-order chi connectivity index (χ0) is 24.8. The summed E-state index contributed by atoms with van der Waals surface area (Å²) < 4.78 is 47.8. The Morgan fingerprint density at radius 1 is 0.871 bits per heavy atom. The van der Waals surface area contributed by atoms with E-state index in [1.165, 1.54) is 19.3 Å². The number of nitrogens with two attached hydrogens (primary N) is 1. The van der Waals surface area contributed by atoms with Gasteiger partial charge in [0, 0.05) is 13.1 Å². The zero-order valence-electron chi connectivity index (χ0n) is 19.2. The summed E-state index contributed by atoms with van der Waals surface area (Å²) >= 11 is 0. The minimum absolute atomic E-state index is 0.106. The molecule has 2 unspecified atom stereocenters. The molecule has 0 aromatic rings. The molecule has 13 heteroatoms. The fraction of sp³-hybridized carbons (Fsp3) is 0.833. The Morgan fingerprint density at radius 2 is 1.26 bits per heavy atom. The van der Waals surface area contributed by atoms with E-state index in [0.717, 1.165) is 9.80 Å². The van der Waals surface area contributed by atoms with E-state index in [0.29, 0.717) is 0 Å². The molecule has 0 radical (unpaired) electrons. The van der Waals surface area contributed by atoms with E-state index in [1.54, 1.807) is 41.5 Å². The molecule has 10 nitrogen and oxygen atoms in total. The Kier molecular flexibility index (Phi) is 10.0. The maximum atomic E-state index is 12.6. The molecule has 0 aromatic heterocycles. The van der Waals surface area contributed by atoms with Gasteiger partial charge in [0.2, 0.25) is 0 Å². The van der Waals surface area contributed by atoms with Crippen LogP contribution < -0.4 is 16.6 Å². The van der Waals surface area contributed by atoms with Crippen molar-refractivity contribution in [2.45, 2.75) is 85.1 Å². The molecule has 0 aliphatic carbocycles. The molecule has 0 fully saturated rings. The number of amides is 3. The van der Waals surface area contributed by atoms with E-state index >= 15 is 0 Å². The van der Waals surface area contributed by atoms with Gasteiger partial charge in [-0.25, -0.2) is 15.0 Å². The van der Waals surface area contributed by atoms with Crippen molar-refractivity contribution < 1.29 is 37.0 Å². The summed E-state index contributed by atoms with van der Waals surface area (Å²) in [7, 11) is 0. The van der Waals surface area contributed by atoms with Crippen molar-refractivity contribution in [1.29, 1.82) is 0 Å². The molecule has 0 aliphatic rings. The lowest BCUT2D eigenvalue weighted by molar-refractivity contribution is -0.175. The number of alkyl halides is 3. The van der Waals surface area contributed by atoms with Crippen molar-refractivity contribution in [1.82, 2.24) is 20.7 Å². The normalized spacial score (nSPS) is 14.3. The van der Waals surface area contributed by atoms with Crippen LogP contribution in [0.5, 0.6) is 0 Å². The van der Waals surface area contributed by atoms with Gasteiger partial charge in [0.15, 0.2) is 0 Å². The predicted molar refractivity (Wildman–Crippen MR) is 106 cm³/mol. The summed E-state index contributed by atoms with van der Waals surface area (Å²) in [5.41, 5.74) is 7.76. The molecule has 0 spiro atoms. The van der Waals surface area contributed by atoms with Gasteiger partial charge in [-0.15, -0.1) is 0 Å². The molecule has 0 saturated heterocycles. The van der Waals surface area contributed by atoms with Gasteiger partial charge >= 0.3 is 24.3 Å². The molecule has 3 amide bonds. The molecule has 4 N–H and O–H groups in total. The van der Waals surface area contributed by atoms with Crippen molar-refractivity contribution in [2.24, 2.45) is 5.73 Å². The van der Waals surface area contributed by atoms with Gasteiger partial charge in [0.25, 0.3) is 0 Å². The largest absolute Gasteiger partial charge is 0.472 e. The first-order valence-corrected chi connectivity index (χ1v) is 9.62. The Hall–Kier alpha value is -2.28. The fourth-order valence-electron chi connectivity index (χ4n) is 2.08. The molecule has 0 saturated carbocycles. The highest BCUT2D eigenvalue weighted by Gasteiger charge is 2.39. The smallest absolute Gasteiger partial charge is 0.444 e.